The van der Waals surface area contributed by atoms with Crippen molar-refractivity contribution in [3.63, 3.8) is 0 Å². The van der Waals surface area contributed by atoms with E-state index in [1.807, 2.05) is 13.8 Å². The minimum absolute atomic E-state index is 0.218. The molecular formula is C12H20N4O3S2. The van der Waals surface area contributed by atoms with Gasteiger partial charge in [0.1, 0.15) is 5.01 Å². The molecule has 2 heterocycles. The van der Waals surface area contributed by atoms with Crippen LogP contribution in [0.25, 0.3) is 0 Å². The van der Waals surface area contributed by atoms with Crippen LogP contribution in [-0.4, -0.2) is 48.6 Å². The van der Waals surface area contributed by atoms with Gasteiger partial charge >= 0.3 is 0 Å². The Kier molecular flexibility index (Phi) is 4.64. The Balaban J connectivity index is 2.23. The van der Waals surface area contributed by atoms with Crippen molar-refractivity contribution in [2.75, 3.05) is 24.7 Å². The van der Waals surface area contributed by atoms with Crippen LogP contribution in [0, 0.1) is 0 Å². The molecule has 0 aromatic carbocycles. The standard InChI is InChI=1S/C12H20N4O3S2/c1-8(2)9-15-16-11(20-9)14-10(17)12(21(3,18)19)4-6-13-7-5-12/h8,13H,4-7H2,1-3H3,(H,14,16,17). The summed E-state index contributed by atoms with van der Waals surface area (Å²) >= 11 is 1.28. The van der Waals surface area contributed by atoms with E-state index in [1.165, 1.54) is 11.3 Å². The van der Waals surface area contributed by atoms with Crippen LogP contribution in [-0.2, 0) is 14.6 Å². The van der Waals surface area contributed by atoms with E-state index in [-0.39, 0.29) is 18.8 Å². The zero-order valence-corrected chi connectivity index (χ0v) is 14.0. The Hall–Kier alpha value is -1.06. The minimum atomic E-state index is -3.51. The highest BCUT2D eigenvalue weighted by molar-refractivity contribution is 7.92. The number of nitrogens with one attached hydrogen (secondary N) is 2. The van der Waals surface area contributed by atoms with E-state index in [2.05, 4.69) is 20.8 Å². The summed E-state index contributed by atoms with van der Waals surface area (Å²) in [5, 5.41) is 14.8. The lowest BCUT2D eigenvalue weighted by molar-refractivity contribution is -0.119. The molecule has 9 heteroatoms. The number of nitrogens with zero attached hydrogens (tertiary/aromatic N) is 2. The summed E-state index contributed by atoms with van der Waals surface area (Å²) in [4.78, 5) is 12.5. The van der Waals surface area contributed by atoms with Crippen LogP contribution in [0.2, 0.25) is 0 Å². The van der Waals surface area contributed by atoms with Crippen molar-refractivity contribution in [3.8, 4) is 0 Å². The van der Waals surface area contributed by atoms with Gasteiger partial charge in [-0.2, -0.15) is 0 Å². The molecular weight excluding hydrogens is 312 g/mol. The maximum atomic E-state index is 12.5. The quantitative estimate of drug-likeness (QED) is 0.844. The Labute approximate surface area is 128 Å². The highest BCUT2D eigenvalue weighted by Gasteiger charge is 2.48. The van der Waals surface area contributed by atoms with Crippen molar-refractivity contribution in [2.24, 2.45) is 0 Å². The summed E-state index contributed by atoms with van der Waals surface area (Å²) in [6.07, 6.45) is 1.67. The Morgan fingerprint density at radius 1 is 1.33 bits per heavy atom. The van der Waals surface area contributed by atoms with E-state index in [0.717, 1.165) is 11.3 Å². The van der Waals surface area contributed by atoms with Gasteiger partial charge < -0.3 is 5.32 Å². The molecule has 0 bridgehead atoms. The fourth-order valence-electron chi connectivity index (χ4n) is 2.33. The van der Waals surface area contributed by atoms with Crippen LogP contribution >= 0.6 is 11.3 Å². The number of rotatable bonds is 4. The molecule has 7 nitrogen and oxygen atoms in total. The molecule has 1 amide bonds. The molecule has 118 valence electrons. The Morgan fingerprint density at radius 2 is 1.95 bits per heavy atom. The first-order chi connectivity index (χ1) is 9.76. The first kappa shape index (κ1) is 16.3. The fraction of sp³-hybridized carbons (Fsp3) is 0.750. The van der Waals surface area contributed by atoms with Gasteiger partial charge in [0.15, 0.2) is 14.6 Å². The van der Waals surface area contributed by atoms with Crippen molar-refractivity contribution in [1.29, 1.82) is 0 Å². The van der Waals surface area contributed by atoms with Gasteiger partial charge in [-0.15, -0.1) is 10.2 Å². The summed E-state index contributed by atoms with van der Waals surface area (Å²) in [7, 11) is -3.51. The van der Waals surface area contributed by atoms with E-state index in [0.29, 0.717) is 18.2 Å². The predicted molar refractivity (Wildman–Crippen MR) is 82.3 cm³/mol. The second-order valence-corrected chi connectivity index (χ2v) is 8.91. The average molecular weight is 332 g/mol. The molecule has 0 aliphatic carbocycles. The maximum absolute atomic E-state index is 12.5. The summed E-state index contributed by atoms with van der Waals surface area (Å²) in [6, 6.07) is 0. The summed E-state index contributed by atoms with van der Waals surface area (Å²) in [5.74, 6) is -0.283. The predicted octanol–water partition coefficient (Wildman–Crippen LogP) is 0.767. The monoisotopic (exact) mass is 332 g/mol. The van der Waals surface area contributed by atoms with Crippen LogP contribution in [0.4, 0.5) is 5.13 Å². The topological polar surface area (TPSA) is 101 Å². The van der Waals surface area contributed by atoms with Gasteiger partial charge in [-0.1, -0.05) is 25.2 Å². The number of hydrogen-bond donors (Lipinski definition) is 2. The molecule has 0 saturated carbocycles. The molecule has 21 heavy (non-hydrogen) atoms. The third-order valence-corrected chi connectivity index (χ3v) is 6.84. The summed E-state index contributed by atoms with van der Waals surface area (Å²) in [6.45, 7) is 4.98. The van der Waals surface area contributed by atoms with Crippen molar-refractivity contribution in [1.82, 2.24) is 15.5 Å². The van der Waals surface area contributed by atoms with Crippen molar-refractivity contribution >= 4 is 32.2 Å². The number of anilines is 1. The van der Waals surface area contributed by atoms with E-state index < -0.39 is 20.5 Å². The van der Waals surface area contributed by atoms with E-state index in [1.54, 1.807) is 0 Å². The number of piperidine rings is 1. The highest BCUT2D eigenvalue weighted by atomic mass is 32.2. The van der Waals surface area contributed by atoms with Gasteiger partial charge in [0.05, 0.1) is 0 Å². The summed E-state index contributed by atoms with van der Waals surface area (Å²) in [5.41, 5.74) is 0. The number of amides is 1. The molecule has 2 N–H and O–H groups in total. The van der Waals surface area contributed by atoms with Gasteiger partial charge in [0, 0.05) is 12.2 Å². The lowest BCUT2D eigenvalue weighted by atomic mass is 9.96. The van der Waals surface area contributed by atoms with Crippen molar-refractivity contribution < 1.29 is 13.2 Å². The number of sulfone groups is 1. The zero-order chi connectivity index (χ0) is 15.7. The number of aromatic nitrogens is 2. The van der Waals surface area contributed by atoms with Gasteiger partial charge in [0.2, 0.25) is 11.0 Å². The second-order valence-electron chi connectivity index (χ2n) is 5.57. The SMILES string of the molecule is CC(C)c1nnc(NC(=O)C2(S(C)(=O)=O)CCNCC2)s1. The van der Waals surface area contributed by atoms with Crippen molar-refractivity contribution in [3.05, 3.63) is 5.01 Å². The first-order valence-corrected chi connectivity index (χ1v) is 9.52. The van der Waals surface area contributed by atoms with Gasteiger partial charge in [-0.3, -0.25) is 10.1 Å². The van der Waals surface area contributed by atoms with Gasteiger partial charge in [-0.05, 0) is 25.9 Å². The molecule has 0 atom stereocenters. The molecule has 1 saturated heterocycles. The molecule has 1 aromatic heterocycles. The van der Waals surface area contributed by atoms with Gasteiger partial charge in [-0.25, -0.2) is 8.42 Å². The van der Waals surface area contributed by atoms with E-state index >= 15 is 0 Å². The van der Waals surface area contributed by atoms with Crippen LogP contribution in [0.5, 0.6) is 0 Å². The van der Waals surface area contributed by atoms with Crippen molar-refractivity contribution in [2.45, 2.75) is 37.4 Å². The Bertz CT molecular complexity index is 618. The molecule has 1 aromatic rings. The first-order valence-electron chi connectivity index (χ1n) is 6.81. The molecule has 0 unspecified atom stereocenters. The average Bonchev–Trinajstić information content (AvgIpc) is 2.87. The van der Waals surface area contributed by atoms with E-state index in [4.69, 9.17) is 0 Å². The molecule has 1 fully saturated rings. The summed E-state index contributed by atoms with van der Waals surface area (Å²) < 4.78 is 22.9. The normalized spacial score (nSPS) is 18.7. The van der Waals surface area contributed by atoms with Crippen LogP contribution in [0.15, 0.2) is 0 Å². The largest absolute Gasteiger partial charge is 0.317 e. The smallest absolute Gasteiger partial charge is 0.247 e. The van der Waals surface area contributed by atoms with Crippen LogP contribution in [0.1, 0.15) is 37.6 Å². The van der Waals surface area contributed by atoms with E-state index in [9.17, 15) is 13.2 Å². The van der Waals surface area contributed by atoms with Gasteiger partial charge in [0.25, 0.3) is 0 Å². The van der Waals surface area contributed by atoms with Crippen LogP contribution in [0.3, 0.4) is 0 Å². The second kappa shape index (κ2) is 5.98. The lowest BCUT2D eigenvalue weighted by Gasteiger charge is -2.33. The molecule has 1 aliphatic rings. The lowest BCUT2D eigenvalue weighted by Crippen LogP contribution is -2.55. The highest BCUT2D eigenvalue weighted by Crippen LogP contribution is 2.30. The maximum Gasteiger partial charge on any atom is 0.247 e. The third-order valence-electron chi connectivity index (χ3n) is 3.69. The molecule has 0 radical (unpaired) electrons. The number of carbonyl (C=O) groups excluding carboxylic acids is 1. The Morgan fingerprint density at radius 3 is 2.43 bits per heavy atom. The third kappa shape index (κ3) is 3.24. The molecule has 2 rings (SSSR count). The van der Waals surface area contributed by atoms with Crippen LogP contribution < -0.4 is 10.6 Å². The molecule has 0 spiro atoms. The number of hydrogen-bond acceptors (Lipinski definition) is 7. The number of carbonyl (C=O) groups is 1. The minimum Gasteiger partial charge on any atom is -0.317 e. The zero-order valence-electron chi connectivity index (χ0n) is 12.3. The fourth-order valence-corrected chi connectivity index (χ4v) is 4.40. The molecule has 1 aliphatic heterocycles.